The molecule has 0 saturated heterocycles. The zero-order chi connectivity index (χ0) is 15.9. The van der Waals surface area contributed by atoms with Gasteiger partial charge in [-0.2, -0.15) is 13.2 Å². The number of aryl methyl sites for hydroxylation is 1. The molecule has 4 nitrogen and oxygen atoms in total. The lowest BCUT2D eigenvalue weighted by Gasteiger charge is -2.38. The Bertz CT molecular complexity index is 643. The summed E-state index contributed by atoms with van der Waals surface area (Å²) in [6, 6.07) is 2.57. The monoisotopic (exact) mass is 358 g/mol. The third-order valence-electron chi connectivity index (χ3n) is 3.76. The van der Waals surface area contributed by atoms with Crippen LogP contribution in [0.4, 0.5) is 13.2 Å². The zero-order valence-electron chi connectivity index (χ0n) is 11.9. The van der Waals surface area contributed by atoms with Crippen molar-refractivity contribution in [2.45, 2.75) is 42.8 Å². The molecule has 1 aromatic carbocycles. The fraction of sp³-hybridized carbons (Fsp3) is 0.538. The molecule has 0 atom stereocenters. The standard InChI is InChI=1S/C13H17F3N2O2S.ClH/c1-9-7-10(13(14,15)16)3-4-11(9)21(19,20)18-8-12(17)5-2-6-12;/h3-4,7,18H,2,5-6,8,17H2,1H3;1H. The Balaban J connectivity index is 0.00000242. The van der Waals surface area contributed by atoms with Gasteiger partial charge in [0.2, 0.25) is 10.0 Å². The second kappa shape index (κ2) is 6.35. The van der Waals surface area contributed by atoms with Crippen molar-refractivity contribution in [1.82, 2.24) is 4.72 Å². The highest BCUT2D eigenvalue weighted by Gasteiger charge is 2.35. The van der Waals surface area contributed by atoms with E-state index in [-0.39, 0.29) is 29.4 Å². The summed E-state index contributed by atoms with van der Waals surface area (Å²) in [6.07, 6.45) is -2.06. The first-order valence-corrected chi connectivity index (χ1v) is 7.98. The van der Waals surface area contributed by atoms with E-state index in [0.29, 0.717) is 0 Å². The number of benzene rings is 1. The largest absolute Gasteiger partial charge is 0.416 e. The van der Waals surface area contributed by atoms with E-state index in [2.05, 4.69) is 4.72 Å². The van der Waals surface area contributed by atoms with E-state index in [1.54, 1.807) is 0 Å². The second-order valence-corrected chi connectivity index (χ2v) is 7.25. The molecule has 9 heteroatoms. The second-order valence-electron chi connectivity index (χ2n) is 5.52. The van der Waals surface area contributed by atoms with Crippen LogP contribution in [0.25, 0.3) is 0 Å². The van der Waals surface area contributed by atoms with Crippen molar-refractivity contribution in [2.24, 2.45) is 5.73 Å². The SMILES string of the molecule is Cc1cc(C(F)(F)F)ccc1S(=O)(=O)NCC1(N)CCC1.Cl. The van der Waals surface area contributed by atoms with Crippen LogP contribution in [-0.4, -0.2) is 20.5 Å². The number of nitrogens with two attached hydrogens (primary N) is 1. The van der Waals surface area contributed by atoms with Gasteiger partial charge in [-0.1, -0.05) is 0 Å². The van der Waals surface area contributed by atoms with Crippen LogP contribution in [0.5, 0.6) is 0 Å². The molecule has 1 saturated carbocycles. The molecule has 3 N–H and O–H groups in total. The van der Waals surface area contributed by atoms with Gasteiger partial charge in [0.1, 0.15) is 0 Å². The van der Waals surface area contributed by atoms with Gasteiger partial charge in [0.05, 0.1) is 10.5 Å². The summed E-state index contributed by atoms with van der Waals surface area (Å²) >= 11 is 0. The summed E-state index contributed by atoms with van der Waals surface area (Å²) in [6.45, 7) is 1.43. The van der Waals surface area contributed by atoms with Gasteiger partial charge in [0.25, 0.3) is 0 Å². The number of rotatable bonds is 4. The maximum Gasteiger partial charge on any atom is 0.416 e. The quantitative estimate of drug-likeness (QED) is 0.869. The predicted molar refractivity (Wildman–Crippen MR) is 79.4 cm³/mol. The van der Waals surface area contributed by atoms with Crippen LogP contribution < -0.4 is 10.5 Å². The lowest BCUT2D eigenvalue weighted by molar-refractivity contribution is -0.137. The average Bonchev–Trinajstić information content (AvgIpc) is 2.32. The van der Waals surface area contributed by atoms with Gasteiger partial charge in [0.15, 0.2) is 0 Å². The molecule has 126 valence electrons. The maximum atomic E-state index is 12.6. The molecule has 0 heterocycles. The van der Waals surface area contributed by atoms with Gasteiger partial charge >= 0.3 is 6.18 Å². The summed E-state index contributed by atoms with van der Waals surface area (Å²) in [5.41, 5.74) is 4.58. The highest BCUT2D eigenvalue weighted by Crippen LogP contribution is 2.32. The smallest absolute Gasteiger partial charge is 0.324 e. The van der Waals surface area contributed by atoms with E-state index in [4.69, 9.17) is 5.73 Å². The lowest BCUT2D eigenvalue weighted by Crippen LogP contribution is -2.54. The van der Waals surface area contributed by atoms with Crippen LogP contribution in [0, 0.1) is 6.92 Å². The van der Waals surface area contributed by atoms with Crippen molar-refractivity contribution in [3.8, 4) is 0 Å². The predicted octanol–water partition coefficient (Wildman–Crippen LogP) is 2.60. The molecule has 22 heavy (non-hydrogen) atoms. The Labute approximate surface area is 133 Å². The van der Waals surface area contributed by atoms with E-state index >= 15 is 0 Å². The molecular weight excluding hydrogens is 341 g/mol. The molecule has 1 aromatic rings. The number of sulfonamides is 1. The first-order valence-electron chi connectivity index (χ1n) is 6.50. The first kappa shape index (κ1) is 19.2. The average molecular weight is 359 g/mol. The fourth-order valence-electron chi connectivity index (χ4n) is 2.25. The summed E-state index contributed by atoms with van der Waals surface area (Å²) < 4.78 is 64.4. The highest BCUT2D eigenvalue weighted by molar-refractivity contribution is 7.89. The molecule has 0 aliphatic heterocycles. The van der Waals surface area contributed by atoms with Gasteiger partial charge < -0.3 is 5.73 Å². The molecule has 1 aliphatic carbocycles. The molecule has 0 spiro atoms. The molecule has 0 aromatic heterocycles. The van der Waals surface area contributed by atoms with Gasteiger partial charge in [0, 0.05) is 12.1 Å². The van der Waals surface area contributed by atoms with Crippen molar-refractivity contribution in [3.05, 3.63) is 29.3 Å². The van der Waals surface area contributed by atoms with Crippen LogP contribution >= 0.6 is 12.4 Å². The molecule has 1 aliphatic rings. The fourth-order valence-corrected chi connectivity index (χ4v) is 3.61. The van der Waals surface area contributed by atoms with E-state index in [1.807, 2.05) is 0 Å². The summed E-state index contributed by atoms with van der Waals surface area (Å²) in [4.78, 5) is -0.154. The molecular formula is C13H18ClF3N2O2S. The summed E-state index contributed by atoms with van der Waals surface area (Å²) in [5.74, 6) is 0. The van der Waals surface area contributed by atoms with Crippen LogP contribution in [0.1, 0.15) is 30.4 Å². The zero-order valence-corrected chi connectivity index (χ0v) is 13.5. The van der Waals surface area contributed by atoms with Crippen LogP contribution in [0.2, 0.25) is 0 Å². The minimum absolute atomic E-state index is 0. The minimum Gasteiger partial charge on any atom is -0.324 e. The van der Waals surface area contributed by atoms with Crippen molar-refractivity contribution in [2.75, 3.05) is 6.54 Å². The lowest BCUT2D eigenvalue weighted by atomic mass is 9.78. The number of alkyl halides is 3. The Kier molecular flexibility index (Phi) is 5.55. The van der Waals surface area contributed by atoms with Crippen molar-refractivity contribution in [1.29, 1.82) is 0 Å². The Morgan fingerprint density at radius 2 is 1.91 bits per heavy atom. The van der Waals surface area contributed by atoms with E-state index in [1.165, 1.54) is 6.92 Å². The molecule has 2 rings (SSSR count). The highest BCUT2D eigenvalue weighted by atomic mass is 35.5. The molecule has 0 amide bonds. The molecule has 0 radical (unpaired) electrons. The van der Waals surface area contributed by atoms with Crippen LogP contribution in [-0.2, 0) is 16.2 Å². The van der Waals surface area contributed by atoms with Crippen LogP contribution in [0.15, 0.2) is 23.1 Å². The Morgan fingerprint density at radius 1 is 1.32 bits per heavy atom. The third kappa shape index (κ3) is 4.13. The maximum absolute atomic E-state index is 12.6. The van der Waals surface area contributed by atoms with E-state index < -0.39 is 27.3 Å². The third-order valence-corrected chi connectivity index (χ3v) is 5.32. The van der Waals surface area contributed by atoms with Gasteiger partial charge in [-0.15, -0.1) is 12.4 Å². The normalized spacial score (nSPS) is 17.5. The van der Waals surface area contributed by atoms with Crippen LogP contribution in [0.3, 0.4) is 0 Å². The Morgan fingerprint density at radius 3 is 2.32 bits per heavy atom. The number of halogens is 4. The van der Waals surface area contributed by atoms with Crippen molar-refractivity contribution in [3.63, 3.8) is 0 Å². The molecule has 1 fully saturated rings. The van der Waals surface area contributed by atoms with Gasteiger partial charge in [-0.3, -0.25) is 0 Å². The number of hydrogen-bond donors (Lipinski definition) is 2. The first-order chi connectivity index (χ1) is 9.54. The van der Waals surface area contributed by atoms with Crippen molar-refractivity contribution >= 4 is 22.4 Å². The van der Waals surface area contributed by atoms with E-state index in [0.717, 1.165) is 37.5 Å². The van der Waals surface area contributed by atoms with Crippen molar-refractivity contribution < 1.29 is 21.6 Å². The summed E-state index contributed by atoms with van der Waals surface area (Å²) in [5, 5.41) is 0. The Hall–Kier alpha value is -0.830. The number of nitrogens with one attached hydrogen (secondary N) is 1. The molecule has 0 unspecified atom stereocenters. The van der Waals surface area contributed by atoms with Gasteiger partial charge in [-0.05, 0) is 49.9 Å². The topological polar surface area (TPSA) is 72.2 Å². The number of hydrogen-bond acceptors (Lipinski definition) is 3. The minimum atomic E-state index is -4.49. The van der Waals surface area contributed by atoms with E-state index in [9.17, 15) is 21.6 Å². The van der Waals surface area contributed by atoms with Gasteiger partial charge in [-0.25, -0.2) is 13.1 Å². The molecule has 0 bridgehead atoms. The summed E-state index contributed by atoms with van der Waals surface area (Å²) in [7, 11) is -3.86.